The summed E-state index contributed by atoms with van der Waals surface area (Å²) in [4.78, 5) is 25.7. The standard InChI is InChI=1S/C14H27N3O2/c1-3-5-13(18)17-9-4-6-12(10-17)14(19)16-8-7-11(2)15/h11-12H,3-10,15H2,1-2H3,(H,16,19). The molecule has 0 saturated carbocycles. The maximum atomic E-state index is 12.0. The molecule has 5 nitrogen and oxygen atoms in total. The summed E-state index contributed by atoms with van der Waals surface area (Å²) in [5.41, 5.74) is 5.65. The quantitative estimate of drug-likeness (QED) is 0.751. The average Bonchev–Trinajstić information content (AvgIpc) is 2.38. The van der Waals surface area contributed by atoms with E-state index in [4.69, 9.17) is 5.73 Å². The summed E-state index contributed by atoms with van der Waals surface area (Å²) < 4.78 is 0. The van der Waals surface area contributed by atoms with E-state index in [1.54, 1.807) is 0 Å². The van der Waals surface area contributed by atoms with E-state index in [1.807, 2.05) is 18.7 Å². The molecule has 0 aromatic heterocycles. The third-order valence-corrected chi connectivity index (χ3v) is 3.51. The highest BCUT2D eigenvalue weighted by atomic mass is 16.2. The molecule has 1 aliphatic heterocycles. The van der Waals surface area contributed by atoms with Crippen LogP contribution in [-0.2, 0) is 9.59 Å². The van der Waals surface area contributed by atoms with Crippen LogP contribution in [0.2, 0.25) is 0 Å². The summed E-state index contributed by atoms with van der Waals surface area (Å²) in [5.74, 6) is 0.188. The van der Waals surface area contributed by atoms with Crippen molar-refractivity contribution in [2.75, 3.05) is 19.6 Å². The maximum absolute atomic E-state index is 12.0. The molecule has 5 heteroatoms. The van der Waals surface area contributed by atoms with Crippen LogP contribution in [0.25, 0.3) is 0 Å². The zero-order valence-electron chi connectivity index (χ0n) is 12.2. The van der Waals surface area contributed by atoms with Crippen molar-refractivity contribution < 1.29 is 9.59 Å². The molecule has 2 amide bonds. The number of hydrogen-bond acceptors (Lipinski definition) is 3. The van der Waals surface area contributed by atoms with Crippen molar-refractivity contribution in [3.63, 3.8) is 0 Å². The molecular weight excluding hydrogens is 242 g/mol. The number of nitrogens with zero attached hydrogens (tertiary/aromatic N) is 1. The second-order valence-electron chi connectivity index (χ2n) is 5.49. The van der Waals surface area contributed by atoms with Gasteiger partial charge in [-0.2, -0.15) is 0 Å². The van der Waals surface area contributed by atoms with Gasteiger partial charge in [0.05, 0.1) is 5.92 Å². The second-order valence-corrected chi connectivity index (χ2v) is 5.49. The number of likely N-dealkylation sites (tertiary alicyclic amines) is 1. The molecule has 0 bridgehead atoms. The van der Waals surface area contributed by atoms with Gasteiger partial charge >= 0.3 is 0 Å². The van der Waals surface area contributed by atoms with Crippen molar-refractivity contribution in [2.24, 2.45) is 11.7 Å². The number of rotatable bonds is 6. The molecule has 1 fully saturated rings. The molecule has 1 aliphatic rings. The van der Waals surface area contributed by atoms with Crippen LogP contribution in [0, 0.1) is 5.92 Å². The lowest BCUT2D eigenvalue weighted by molar-refractivity contribution is -0.135. The van der Waals surface area contributed by atoms with Gasteiger partial charge in [-0.25, -0.2) is 0 Å². The molecule has 19 heavy (non-hydrogen) atoms. The van der Waals surface area contributed by atoms with Crippen LogP contribution in [0.15, 0.2) is 0 Å². The first kappa shape index (κ1) is 16.0. The van der Waals surface area contributed by atoms with Crippen LogP contribution in [0.5, 0.6) is 0 Å². The molecule has 0 aliphatic carbocycles. The molecule has 0 radical (unpaired) electrons. The summed E-state index contributed by atoms with van der Waals surface area (Å²) in [6.45, 7) is 5.92. The average molecular weight is 269 g/mol. The number of hydrogen-bond donors (Lipinski definition) is 2. The molecule has 0 aromatic rings. The fourth-order valence-corrected chi connectivity index (χ4v) is 2.36. The number of carbonyl (C=O) groups is 2. The summed E-state index contributed by atoms with van der Waals surface area (Å²) in [7, 11) is 0. The molecule has 0 spiro atoms. The van der Waals surface area contributed by atoms with Gasteiger partial charge in [0.1, 0.15) is 0 Å². The van der Waals surface area contributed by atoms with Gasteiger partial charge in [0, 0.05) is 32.1 Å². The fraction of sp³-hybridized carbons (Fsp3) is 0.857. The molecule has 1 rings (SSSR count). The summed E-state index contributed by atoms with van der Waals surface area (Å²) >= 11 is 0. The Balaban J connectivity index is 2.37. The van der Waals surface area contributed by atoms with Gasteiger partial charge in [-0.05, 0) is 32.6 Å². The zero-order chi connectivity index (χ0) is 14.3. The summed E-state index contributed by atoms with van der Waals surface area (Å²) in [5, 5.41) is 2.92. The Morgan fingerprint density at radius 3 is 2.84 bits per heavy atom. The second kappa shape index (κ2) is 8.15. The van der Waals surface area contributed by atoms with E-state index in [1.165, 1.54) is 0 Å². The van der Waals surface area contributed by atoms with E-state index in [0.717, 1.165) is 32.2 Å². The van der Waals surface area contributed by atoms with Gasteiger partial charge in [0.15, 0.2) is 0 Å². The SMILES string of the molecule is CCCC(=O)N1CCCC(C(=O)NCCC(C)N)C1. The largest absolute Gasteiger partial charge is 0.356 e. The van der Waals surface area contributed by atoms with Gasteiger partial charge < -0.3 is 16.0 Å². The lowest BCUT2D eigenvalue weighted by Gasteiger charge is -2.32. The van der Waals surface area contributed by atoms with Crippen LogP contribution in [0.3, 0.4) is 0 Å². The Hall–Kier alpha value is -1.10. The van der Waals surface area contributed by atoms with Crippen molar-refractivity contribution in [3.8, 4) is 0 Å². The molecule has 3 N–H and O–H groups in total. The first-order chi connectivity index (χ1) is 9.04. The summed E-state index contributed by atoms with van der Waals surface area (Å²) in [6.07, 6.45) is 4.03. The number of nitrogens with one attached hydrogen (secondary N) is 1. The predicted octanol–water partition coefficient (Wildman–Crippen LogP) is 0.879. The van der Waals surface area contributed by atoms with E-state index in [0.29, 0.717) is 19.5 Å². The monoisotopic (exact) mass is 269 g/mol. The van der Waals surface area contributed by atoms with Crippen LogP contribution in [0.1, 0.15) is 46.0 Å². The third kappa shape index (κ3) is 5.59. The summed E-state index contributed by atoms with van der Waals surface area (Å²) in [6, 6.07) is 0.106. The number of nitrogens with two attached hydrogens (primary N) is 1. The lowest BCUT2D eigenvalue weighted by atomic mass is 9.96. The molecule has 1 heterocycles. The molecule has 2 unspecified atom stereocenters. The van der Waals surface area contributed by atoms with E-state index in [2.05, 4.69) is 5.32 Å². The third-order valence-electron chi connectivity index (χ3n) is 3.51. The Kier molecular flexibility index (Phi) is 6.84. The zero-order valence-corrected chi connectivity index (χ0v) is 12.2. The number of amides is 2. The Labute approximate surface area is 115 Å². The fourth-order valence-electron chi connectivity index (χ4n) is 2.36. The lowest BCUT2D eigenvalue weighted by Crippen LogP contribution is -2.45. The predicted molar refractivity (Wildman–Crippen MR) is 75.5 cm³/mol. The van der Waals surface area contributed by atoms with Gasteiger partial charge in [-0.3, -0.25) is 9.59 Å². The minimum Gasteiger partial charge on any atom is -0.356 e. The number of carbonyl (C=O) groups excluding carboxylic acids is 2. The van der Waals surface area contributed by atoms with E-state index >= 15 is 0 Å². The maximum Gasteiger partial charge on any atom is 0.224 e. The number of piperidine rings is 1. The van der Waals surface area contributed by atoms with Crippen molar-refractivity contribution in [1.29, 1.82) is 0 Å². The van der Waals surface area contributed by atoms with Gasteiger partial charge in [-0.1, -0.05) is 6.92 Å². The first-order valence-corrected chi connectivity index (χ1v) is 7.35. The highest BCUT2D eigenvalue weighted by Gasteiger charge is 2.27. The van der Waals surface area contributed by atoms with E-state index in [-0.39, 0.29) is 23.8 Å². The van der Waals surface area contributed by atoms with Crippen LogP contribution >= 0.6 is 0 Å². The Morgan fingerprint density at radius 1 is 1.47 bits per heavy atom. The van der Waals surface area contributed by atoms with Gasteiger partial charge in [-0.15, -0.1) is 0 Å². The van der Waals surface area contributed by atoms with Gasteiger partial charge in [0.25, 0.3) is 0 Å². The Morgan fingerprint density at radius 2 is 2.21 bits per heavy atom. The molecule has 2 atom stereocenters. The molecular formula is C14H27N3O2. The van der Waals surface area contributed by atoms with Crippen molar-refractivity contribution in [2.45, 2.75) is 52.0 Å². The minimum absolute atomic E-state index is 0.0531. The topological polar surface area (TPSA) is 75.4 Å². The van der Waals surface area contributed by atoms with Crippen molar-refractivity contribution in [1.82, 2.24) is 10.2 Å². The van der Waals surface area contributed by atoms with Crippen molar-refractivity contribution in [3.05, 3.63) is 0 Å². The van der Waals surface area contributed by atoms with Crippen molar-refractivity contribution >= 4 is 11.8 Å². The first-order valence-electron chi connectivity index (χ1n) is 7.35. The van der Waals surface area contributed by atoms with Crippen LogP contribution in [0.4, 0.5) is 0 Å². The highest BCUT2D eigenvalue weighted by molar-refractivity contribution is 5.81. The van der Waals surface area contributed by atoms with E-state index in [9.17, 15) is 9.59 Å². The minimum atomic E-state index is -0.0531. The molecule has 0 aromatic carbocycles. The molecule has 110 valence electrons. The smallest absolute Gasteiger partial charge is 0.224 e. The van der Waals surface area contributed by atoms with Gasteiger partial charge in [0.2, 0.25) is 11.8 Å². The normalized spacial score (nSPS) is 21.0. The van der Waals surface area contributed by atoms with Crippen LogP contribution in [-0.4, -0.2) is 42.4 Å². The highest BCUT2D eigenvalue weighted by Crippen LogP contribution is 2.17. The Bertz CT molecular complexity index is 305. The van der Waals surface area contributed by atoms with Crippen LogP contribution < -0.4 is 11.1 Å². The van der Waals surface area contributed by atoms with E-state index < -0.39 is 0 Å². The molecule has 1 saturated heterocycles.